The van der Waals surface area contributed by atoms with Crippen LogP contribution in [0.4, 0.5) is 0 Å². The normalized spacial score (nSPS) is 25.1. The second kappa shape index (κ2) is 6.49. The quantitative estimate of drug-likeness (QED) is 0.890. The summed E-state index contributed by atoms with van der Waals surface area (Å²) in [5.41, 5.74) is 1.90. The zero-order valence-electron chi connectivity index (χ0n) is 13.0. The average molecular weight is 346 g/mol. The molecule has 1 aliphatic carbocycles. The molecule has 1 saturated carbocycles. The number of hydrogen-bond acceptors (Lipinski definition) is 4. The van der Waals surface area contributed by atoms with E-state index in [0.717, 1.165) is 23.7 Å². The van der Waals surface area contributed by atoms with Crippen molar-refractivity contribution in [2.24, 2.45) is 5.92 Å². The molecule has 7 heteroatoms. The zero-order chi connectivity index (χ0) is 15.7. The van der Waals surface area contributed by atoms with Gasteiger partial charge in [0.15, 0.2) is 9.84 Å². The molecule has 0 aromatic carbocycles. The Bertz CT molecular complexity index is 635. The fourth-order valence-electron chi connectivity index (χ4n) is 3.58. The summed E-state index contributed by atoms with van der Waals surface area (Å²) in [5, 5.41) is 8.57. The van der Waals surface area contributed by atoms with Crippen LogP contribution in [0, 0.1) is 12.8 Å². The topological polar surface area (TPSA) is 64.0 Å². The molecule has 1 aromatic rings. The van der Waals surface area contributed by atoms with Crippen LogP contribution in [-0.4, -0.2) is 36.2 Å². The van der Waals surface area contributed by atoms with E-state index in [2.05, 4.69) is 10.4 Å². The van der Waals surface area contributed by atoms with Crippen molar-refractivity contribution in [1.82, 2.24) is 15.1 Å². The van der Waals surface area contributed by atoms with Crippen molar-refractivity contribution >= 4 is 21.4 Å². The van der Waals surface area contributed by atoms with Gasteiger partial charge in [-0.05, 0) is 38.6 Å². The molecule has 2 aliphatic rings. The monoisotopic (exact) mass is 345 g/mol. The Morgan fingerprint density at radius 3 is 2.68 bits per heavy atom. The van der Waals surface area contributed by atoms with Crippen LogP contribution in [0.3, 0.4) is 0 Å². The van der Waals surface area contributed by atoms with Crippen molar-refractivity contribution in [2.75, 3.05) is 18.1 Å². The summed E-state index contributed by atoms with van der Waals surface area (Å²) in [6, 6.07) is -0.111. The number of halogens is 1. The summed E-state index contributed by atoms with van der Waals surface area (Å²) >= 11 is 6.46. The third-order valence-electron chi connectivity index (χ3n) is 4.91. The van der Waals surface area contributed by atoms with Gasteiger partial charge in [-0.2, -0.15) is 5.10 Å². The molecule has 0 amide bonds. The summed E-state index contributed by atoms with van der Waals surface area (Å²) in [7, 11) is -2.93. The molecule has 0 unspecified atom stereocenters. The van der Waals surface area contributed by atoms with Gasteiger partial charge >= 0.3 is 0 Å². The summed E-state index contributed by atoms with van der Waals surface area (Å²) in [4.78, 5) is 0. The predicted octanol–water partition coefficient (Wildman–Crippen LogP) is 2.48. The minimum Gasteiger partial charge on any atom is -0.312 e. The molecule has 1 aromatic heterocycles. The summed E-state index contributed by atoms with van der Waals surface area (Å²) in [6.07, 6.45) is 5.94. The van der Waals surface area contributed by atoms with E-state index >= 15 is 0 Å². The van der Waals surface area contributed by atoms with Gasteiger partial charge in [0.1, 0.15) is 5.15 Å². The number of nitrogens with zero attached hydrogens (tertiary/aromatic N) is 2. The Morgan fingerprint density at radius 2 is 2.05 bits per heavy atom. The smallest absolute Gasteiger partial charge is 0.152 e. The first kappa shape index (κ1) is 16.3. The fraction of sp³-hybridized carbons (Fsp3) is 0.800. The molecule has 2 fully saturated rings. The number of rotatable bonds is 5. The van der Waals surface area contributed by atoms with Gasteiger partial charge in [-0.15, -0.1) is 0 Å². The minimum absolute atomic E-state index is 0.111. The summed E-state index contributed by atoms with van der Waals surface area (Å²) in [6.45, 7) is 3.68. The van der Waals surface area contributed by atoms with Crippen molar-refractivity contribution in [3.63, 3.8) is 0 Å². The Hall–Kier alpha value is -0.590. The van der Waals surface area contributed by atoms with Crippen LogP contribution in [0.1, 0.15) is 49.4 Å². The minimum atomic E-state index is -2.93. The highest BCUT2D eigenvalue weighted by Crippen LogP contribution is 2.30. The van der Waals surface area contributed by atoms with E-state index in [4.69, 9.17) is 11.6 Å². The third-order valence-corrected chi connectivity index (χ3v) is 7.06. The van der Waals surface area contributed by atoms with E-state index in [1.165, 1.54) is 25.7 Å². The van der Waals surface area contributed by atoms with Gasteiger partial charge in [0.2, 0.25) is 0 Å². The van der Waals surface area contributed by atoms with Crippen LogP contribution >= 0.6 is 11.6 Å². The molecule has 0 bridgehead atoms. The second-order valence-electron chi connectivity index (χ2n) is 6.64. The van der Waals surface area contributed by atoms with E-state index in [1.807, 2.05) is 6.92 Å². The highest BCUT2D eigenvalue weighted by molar-refractivity contribution is 7.91. The average Bonchev–Trinajstić information content (AvgIpc) is 3.14. The van der Waals surface area contributed by atoms with Gasteiger partial charge < -0.3 is 5.32 Å². The molecule has 1 atom stereocenters. The maximum Gasteiger partial charge on any atom is 0.152 e. The van der Waals surface area contributed by atoms with Crippen molar-refractivity contribution in [3.8, 4) is 0 Å². The highest BCUT2D eigenvalue weighted by Gasteiger charge is 2.32. The summed E-state index contributed by atoms with van der Waals surface area (Å²) in [5.74, 6) is 1.18. The van der Waals surface area contributed by atoms with Crippen LogP contribution in [0.5, 0.6) is 0 Å². The zero-order valence-corrected chi connectivity index (χ0v) is 14.6. The largest absolute Gasteiger partial charge is 0.312 e. The first-order valence-corrected chi connectivity index (χ1v) is 10.3. The van der Waals surface area contributed by atoms with Crippen molar-refractivity contribution in [1.29, 1.82) is 0 Å². The lowest BCUT2D eigenvalue weighted by molar-refractivity contribution is 0.487. The maximum absolute atomic E-state index is 11.6. The van der Waals surface area contributed by atoms with Crippen molar-refractivity contribution in [2.45, 2.75) is 51.6 Å². The van der Waals surface area contributed by atoms with E-state index in [1.54, 1.807) is 4.68 Å². The lowest BCUT2D eigenvalue weighted by Gasteiger charge is -2.11. The fourth-order valence-corrected chi connectivity index (χ4v) is 5.65. The maximum atomic E-state index is 11.6. The number of aromatic nitrogens is 2. The molecule has 124 valence electrons. The van der Waals surface area contributed by atoms with E-state index < -0.39 is 9.84 Å². The van der Waals surface area contributed by atoms with E-state index in [-0.39, 0.29) is 17.5 Å². The van der Waals surface area contributed by atoms with E-state index in [9.17, 15) is 8.42 Å². The molecule has 1 aliphatic heterocycles. The first-order valence-electron chi connectivity index (χ1n) is 8.11. The lowest BCUT2D eigenvalue weighted by atomic mass is 10.1. The van der Waals surface area contributed by atoms with Crippen LogP contribution in [-0.2, 0) is 16.4 Å². The number of aryl methyl sites for hydroxylation is 1. The van der Waals surface area contributed by atoms with Gasteiger partial charge in [-0.3, -0.25) is 0 Å². The molecule has 0 spiro atoms. The van der Waals surface area contributed by atoms with Gasteiger partial charge in [-0.25, -0.2) is 13.1 Å². The number of nitrogens with one attached hydrogen (secondary N) is 1. The second-order valence-corrected chi connectivity index (χ2v) is 9.22. The Morgan fingerprint density at radius 1 is 1.32 bits per heavy atom. The molecule has 1 saturated heterocycles. The van der Waals surface area contributed by atoms with Gasteiger partial charge in [0, 0.05) is 12.1 Å². The Kier molecular flexibility index (Phi) is 4.80. The molecule has 0 radical (unpaired) electrons. The summed E-state index contributed by atoms with van der Waals surface area (Å²) < 4.78 is 25.0. The predicted molar refractivity (Wildman–Crippen MR) is 87.9 cm³/mol. The van der Waals surface area contributed by atoms with Crippen molar-refractivity contribution in [3.05, 3.63) is 16.4 Å². The Balaban J connectivity index is 1.65. The molecule has 22 heavy (non-hydrogen) atoms. The van der Waals surface area contributed by atoms with Crippen LogP contribution < -0.4 is 5.32 Å². The number of hydrogen-bond donors (Lipinski definition) is 1. The van der Waals surface area contributed by atoms with Gasteiger partial charge in [0.25, 0.3) is 0 Å². The van der Waals surface area contributed by atoms with Crippen molar-refractivity contribution < 1.29 is 8.42 Å². The Labute approximate surface area is 137 Å². The molecule has 1 N–H and O–H groups in total. The molecule has 5 nitrogen and oxygen atoms in total. The standard InChI is InChI=1S/C15H24ClN3O2S/c1-11-14(9-17-8-12-4-2-3-5-12)15(16)19(18-11)13-6-7-22(20,21)10-13/h12-13,17H,2-10H2,1H3/t13-/m1/s1. The van der Waals surface area contributed by atoms with Gasteiger partial charge in [-0.1, -0.05) is 24.4 Å². The third kappa shape index (κ3) is 3.49. The number of sulfone groups is 1. The lowest BCUT2D eigenvalue weighted by Crippen LogP contribution is -2.21. The SMILES string of the molecule is Cc1nn([C@@H]2CCS(=O)(=O)C2)c(Cl)c1CNCC1CCCC1. The van der Waals surface area contributed by atoms with Crippen LogP contribution in [0.25, 0.3) is 0 Å². The van der Waals surface area contributed by atoms with Crippen LogP contribution in [0.2, 0.25) is 5.15 Å². The molecule has 2 heterocycles. The van der Waals surface area contributed by atoms with Crippen LogP contribution in [0.15, 0.2) is 0 Å². The molecular formula is C15H24ClN3O2S. The van der Waals surface area contributed by atoms with E-state index in [0.29, 0.717) is 18.1 Å². The van der Waals surface area contributed by atoms with Gasteiger partial charge in [0.05, 0.1) is 23.2 Å². The molecular weight excluding hydrogens is 322 g/mol. The first-order chi connectivity index (χ1) is 10.5. The highest BCUT2D eigenvalue weighted by atomic mass is 35.5. The molecule has 3 rings (SSSR count).